The highest BCUT2D eigenvalue weighted by Crippen LogP contribution is 2.30. The number of hydrogen-bond acceptors (Lipinski definition) is 3. The molecule has 0 bridgehead atoms. The molecule has 2 nitrogen and oxygen atoms in total. The zero-order valence-corrected chi connectivity index (χ0v) is 8.55. The van der Waals surface area contributed by atoms with E-state index in [2.05, 4.69) is 11.6 Å². The first kappa shape index (κ1) is 9.13. The molecule has 0 aromatic rings. The minimum absolute atomic E-state index is 0.390. The summed E-state index contributed by atoms with van der Waals surface area (Å²) in [4.78, 5) is 4.56. The summed E-state index contributed by atoms with van der Waals surface area (Å²) in [5.41, 5.74) is 0. The van der Waals surface area contributed by atoms with Crippen LogP contribution in [0.1, 0.15) is 25.7 Å². The van der Waals surface area contributed by atoms with Crippen molar-refractivity contribution in [1.29, 1.82) is 0 Å². The SMILES string of the molecule is C=CCSC1=NC2CCCCC2O1. The predicted molar refractivity (Wildman–Crippen MR) is 57.2 cm³/mol. The third-order valence-corrected chi connectivity index (χ3v) is 3.37. The fourth-order valence-corrected chi connectivity index (χ4v) is 2.52. The topological polar surface area (TPSA) is 21.6 Å². The van der Waals surface area contributed by atoms with Gasteiger partial charge in [0.15, 0.2) is 0 Å². The minimum Gasteiger partial charge on any atom is -0.467 e. The Morgan fingerprint density at radius 1 is 1.54 bits per heavy atom. The van der Waals surface area contributed by atoms with Crippen LogP contribution < -0.4 is 0 Å². The second-order valence-electron chi connectivity index (χ2n) is 3.50. The van der Waals surface area contributed by atoms with Crippen molar-refractivity contribution in [3.8, 4) is 0 Å². The van der Waals surface area contributed by atoms with E-state index < -0.39 is 0 Å². The van der Waals surface area contributed by atoms with E-state index in [0.717, 1.165) is 11.0 Å². The summed E-state index contributed by atoms with van der Waals surface area (Å²) >= 11 is 1.66. The maximum absolute atomic E-state index is 5.73. The molecule has 0 spiro atoms. The van der Waals surface area contributed by atoms with Crippen LogP contribution in [0.2, 0.25) is 0 Å². The van der Waals surface area contributed by atoms with Crippen molar-refractivity contribution in [3.63, 3.8) is 0 Å². The van der Waals surface area contributed by atoms with E-state index in [1.807, 2.05) is 6.08 Å². The molecule has 72 valence electrons. The molecule has 13 heavy (non-hydrogen) atoms. The third-order valence-electron chi connectivity index (χ3n) is 2.52. The van der Waals surface area contributed by atoms with E-state index >= 15 is 0 Å². The van der Waals surface area contributed by atoms with Gasteiger partial charge in [0, 0.05) is 5.75 Å². The Hall–Kier alpha value is -0.440. The Balaban J connectivity index is 1.89. The maximum atomic E-state index is 5.73. The summed E-state index contributed by atoms with van der Waals surface area (Å²) in [5.74, 6) is 0.901. The van der Waals surface area contributed by atoms with Gasteiger partial charge in [-0.25, -0.2) is 4.99 Å². The average molecular weight is 197 g/mol. The summed E-state index contributed by atoms with van der Waals surface area (Å²) in [6.45, 7) is 3.68. The number of ether oxygens (including phenoxy) is 1. The lowest BCUT2D eigenvalue weighted by molar-refractivity contribution is 0.156. The maximum Gasteiger partial charge on any atom is 0.246 e. The number of thioether (sulfide) groups is 1. The Morgan fingerprint density at radius 2 is 2.38 bits per heavy atom. The molecule has 1 aliphatic carbocycles. The number of hydrogen-bond donors (Lipinski definition) is 0. The first-order chi connectivity index (χ1) is 6.40. The molecule has 1 fully saturated rings. The molecule has 0 aromatic heterocycles. The highest BCUT2D eigenvalue weighted by Gasteiger charge is 2.32. The van der Waals surface area contributed by atoms with Gasteiger partial charge in [-0.05, 0) is 19.3 Å². The van der Waals surface area contributed by atoms with Crippen molar-refractivity contribution < 1.29 is 4.74 Å². The number of fused-ring (bicyclic) bond motifs is 1. The summed E-state index contributed by atoms with van der Waals surface area (Å²) in [7, 11) is 0. The predicted octanol–water partition coefficient (Wildman–Crippen LogP) is 2.60. The van der Waals surface area contributed by atoms with Gasteiger partial charge in [0.1, 0.15) is 6.10 Å². The Labute approximate surface area is 83.5 Å². The van der Waals surface area contributed by atoms with Gasteiger partial charge in [-0.1, -0.05) is 24.3 Å². The van der Waals surface area contributed by atoms with Crippen LogP contribution in [0.3, 0.4) is 0 Å². The molecule has 0 saturated heterocycles. The Morgan fingerprint density at radius 3 is 3.15 bits per heavy atom. The van der Waals surface area contributed by atoms with Gasteiger partial charge in [0.2, 0.25) is 5.23 Å². The molecule has 1 aliphatic heterocycles. The van der Waals surface area contributed by atoms with Crippen molar-refractivity contribution in [1.82, 2.24) is 0 Å². The molecule has 1 saturated carbocycles. The van der Waals surface area contributed by atoms with Crippen molar-refractivity contribution in [3.05, 3.63) is 12.7 Å². The third kappa shape index (κ3) is 2.08. The molecule has 0 radical (unpaired) electrons. The van der Waals surface area contributed by atoms with E-state index in [4.69, 9.17) is 4.74 Å². The van der Waals surface area contributed by atoms with E-state index in [1.165, 1.54) is 25.7 Å². The van der Waals surface area contributed by atoms with Gasteiger partial charge in [0.25, 0.3) is 0 Å². The Bertz CT molecular complexity index is 227. The highest BCUT2D eigenvalue weighted by molar-refractivity contribution is 8.13. The quantitative estimate of drug-likeness (QED) is 0.635. The van der Waals surface area contributed by atoms with Gasteiger partial charge in [0.05, 0.1) is 6.04 Å². The molecule has 1 heterocycles. The molecular weight excluding hydrogens is 182 g/mol. The van der Waals surface area contributed by atoms with Crippen LogP contribution in [0.25, 0.3) is 0 Å². The highest BCUT2D eigenvalue weighted by atomic mass is 32.2. The summed E-state index contributed by atoms with van der Waals surface area (Å²) in [5, 5.41) is 0.886. The second-order valence-corrected chi connectivity index (χ2v) is 4.47. The zero-order valence-electron chi connectivity index (χ0n) is 7.74. The van der Waals surface area contributed by atoms with Crippen LogP contribution in [0.4, 0.5) is 0 Å². The van der Waals surface area contributed by atoms with Crippen LogP contribution in [0.5, 0.6) is 0 Å². The molecule has 3 heteroatoms. The van der Waals surface area contributed by atoms with Gasteiger partial charge >= 0.3 is 0 Å². The van der Waals surface area contributed by atoms with E-state index in [0.29, 0.717) is 12.1 Å². The lowest BCUT2D eigenvalue weighted by Gasteiger charge is -2.21. The summed E-state index contributed by atoms with van der Waals surface area (Å²) in [6.07, 6.45) is 7.29. The first-order valence-electron chi connectivity index (χ1n) is 4.88. The van der Waals surface area contributed by atoms with Gasteiger partial charge < -0.3 is 4.74 Å². The van der Waals surface area contributed by atoms with Gasteiger partial charge in [-0.2, -0.15) is 0 Å². The molecule has 0 aromatic carbocycles. The molecule has 2 atom stereocenters. The lowest BCUT2D eigenvalue weighted by Crippen LogP contribution is -2.25. The fourth-order valence-electron chi connectivity index (χ4n) is 1.86. The van der Waals surface area contributed by atoms with Crippen LogP contribution in [-0.2, 0) is 4.74 Å². The number of rotatable bonds is 2. The average Bonchev–Trinajstić information content (AvgIpc) is 2.57. The second kappa shape index (κ2) is 4.18. The smallest absolute Gasteiger partial charge is 0.246 e. The Kier molecular flexibility index (Phi) is 2.94. The normalized spacial score (nSPS) is 31.8. The molecule has 2 aliphatic rings. The van der Waals surface area contributed by atoms with Crippen LogP contribution in [0.15, 0.2) is 17.6 Å². The number of aliphatic imine (C=N–C) groups is 1. The fraction of sp³-hybridized carbons (Fsp3) is 0.700. The molecule has 0 N–H and O–H groups in total. The van der Waals surface area contributed by atoms with Crippen LogP contribution in [-0.4, -0.2) is 23.1 Å². The van der Waals surface area contributed by atoms with E-state index in [1.54, 1.807) is 11.8 Å². The largest absolute Gasteiger partial charge is 0.467 e. The zero-order chi connectivity index (χ0) is 9.10. The molecule has 0 amide bonds. The van der Waals surface area contributed by atoms with Crippen molar-refractivity contribution in [2.24, 2.45) is 4.99 Å². The van der Waals surface area contributed by atoms with E-state index in [-0.39, 0.29) is 0 Å². The molecular formula is C10H15NOS. The standard InChI is InChI=1S/C10H15NOS/c1-2-7-13-10-11-8-5-3-4-6-9(8)12-10/h2,8-9H,1,3-7H2. The minimum atomic E-state index is 0.390. The van der Waals surface area contributed by atoms with Gasteiger partial charge in [-0.15, -0.1) is 6.58 Å². The number of nitrogens with zero attached hydrogens (tertiary/aromatic N) is 1. The van der Waals surface area contributed by atoms with Crippen molar-refractivity contribution in [2.45, 2.75) is 37.8 Å². The van der Waals surface area contributed by atoms with Crippen molar-refractivity contribution in [2.75, 3.05) is 5.75 Å². The summed E-state index contributed by atoms with van der Waals surface area (Å²) in [6, 6.07) is 0.459. The van der Waals surface area contributed by atoms with Crippen LogP contribution >= 0.6 is 11.8 Å². The molecule has 2 unspecified atom stereocenters. The van der Waals surface area contributed by atoms with Gasteiger partial charge in [-0.3, -0.25) is 0 Å². The molecule has 2 rings (SSSR count). The van der Waals surface area contributed by atoms with E-state index in [9.17, 15) is 0 Å². The lowest BCUT2D eigenvalue weighted by atomic mass is 9.94. The summed E-state index contributed by atoms with van der Waals surface area (Å²) < 4.78 is 5.73. The van der Waals surface area contributed by atoms with Crippen LogP contribution in [0, 0.1) is 0 Å². The first-order valence-corrected chi connectivity index (χ1v) is 5.87. The van der Waals surface area contributed by atoms with Crippen molar-refractivity contribution >= 4 is 17.0 Å². The monoisotopic (exact) mass is 197 g/mol.